The number of carbonyl (C=O) groups excluding carboxylic acids is 1. The number of nitrogens with two attached hydrogens (primary N) is 1. The van der Waals surface area contributed by atoms with Crippen molar-refractivity contribution in [1.82, 2.24) is 0 Å². The highest BCUT2D eigenvalue weighted by Crippen LogP contribution is 2.34. The van der Waals surface area contributed by atoms with Crippen molar-refractivity contribution in [2.24, 2.45) is 5.73 Å². The molecule has 0 radical (unpaired) electrons. The summed E-state index contributed by atoms with van der Waals surface area (Å²) in [6.07, 6.45) is 0. The zero-order valence-electron chi connectivity index (χ0n) is 10.4. The summed E-state index contributed by atoms with van der Waals surface area (Å²) in [6.45, 7) is 1.74. The molecule has 0 heterocycles. The molecule has 3 nitrogen and oxygen atoms in total. The summed E-state index contributed by atoms with van der Waals surface area (Å²) in [4.78, 5) is 11.8. The zero-order valence-corrected chi connectivity index (χ0v) is 11.2. The Morgan fingerprint density at radius 2 is 1.79 bits per heavy atom. The topological polar surface area (TPSA) is 63.3 Å². The standard InChI is InChI=1S/C15H14ClNO2/c1-10-12(8-5-9-13(10)16)15(19,14(17)18)11-6-3-2-4-7-11/h2-9,19H,1H3,(H2,17,18). The van der Waals surface area contributed by atoms with Gasteiger partial charge in [-0.25, -0.2) is 0 Å². The van der Waals surface area contributed by atoms with Crippen molar-refractivity contribution in [1.29, 1.82) is 0 Å². The molecule has 0 saturated heterocycles. The maximum absolute atomic E-state index is 11.8. The second-order valence-corrected chi connectivity index (χ2v) is 4.76. The van der Waals surface area contributed by atoms with Gasteiger partial charge in [0, 0.05) is 10.6 Å². The molecule has 0 aliphatic heterocycles. The molecule has 1 atom stereocenters. The van der Waals surface area contributed by atoms with Crippen LogP contribution in [0.2, 0.25) is 5.02 Å². The summed E-state index contributed by atoms with van der Waals surface area (Å²) in [7, 11) is 0. The molecular formula is C15H14ClNO2. The summed E-state index contributed by atoms with van der Waals surface area (Å²) in [5.41, 5.74) is 5.00. The van der Waals surface area contributed by atoms with Crippen molar-refractivity contribution in [3.8, 4) is 0 Å². The maximum atomic E-state index is 11.8. The Balaban J connectivity index is 2.71. The van der Waals surface area contributed by atoms with Gasteiger partial charge in [-0.3, -0.25) is 4.79 Å². The Bertz CT molecular complexity index is 613. The quantitative estimate of drug-likeness (QED) is 0.903. The normalized spacial score (nSPS) is 13.8. The Morgan fingerprint density at radius 1 is 1.16 bits per heavy atom. The minimum absolute atomic E-state index is 0.402. The molecule has 0 aliphatic rings. The Morgan fingerprint density at radius 3 is 2.37 bits per heavy atom. The van der Waals surface area contributed by atoms with Gasteiger partial charge in [0.15, 0.2) is 5.60 Å². The fourth-order valence-electron chi connectivity index (χ4n) is 2.11. The van der Waals surface area contributed by atoms with Gasteiger partial charge in [-0.2, -0.15) is 0 Å². The van der Waals surface area contributed by atoms with E-state index in [1.807, 2.05) is 0 Å². The lowest BCUT2D eigenvalue weighted by molar-refractivity contribution is -0.133. The van der Waals surface area contributed by atoms with Crippen molar-refractivity contribution in [3.63, 3.8) is 0 Å². The monoisotopic (exact) mass is 275 g/mol. The summed E-state index contributed by atoms with van der Waals surface area (Å²) in [5.74, 6) is -0.830. The maximum Gasteiger partial charge on any atom is 0.258 e. The molecular weight excluding hydrogens is 262 g/mol. The van der Waals surface area contributed by atoms with Gasteiger partial charge in [-0.1, -0.05) is 54.1 Å². The molecule has 1 unspecified atom stereocenters. The number of hydrogen-bond donors (Lipinski definition) is 2. The molecule has 98 valence electrons. The van der Waals surface area contributed by atoms with Crippen LogP contribution in [-0.2, 0) is 10.4 Å². The van der Waals surface area contributed by atoms with Crippen LogP contribution in [0, 0.1) is 6.92 Å². The smallest absolute Gasteiger partial charge is 0.258 e. The molecule has 0 aromatic heterocycles. The van der Waals surface area contributed by atoms with E-state index in [9.17, 15) is 9.90 Å². The van der Waals surface area contributed by atoms with Crippen molar-refractivity contribution >= 4 is 17.5 Å². The third kappa shape index (κ3) is 2.23. The second kappa shape index (κ2) is 5.03. The van der Waals surface area contributed by atoms with Crippen LogP contribution >= 0.6 is 11.6 Å². The Labute approximate surface area is 116 Å². The largest absolute Gasteiger partial charge is 0.372 e. The molecule has 3 N–H and O–H groups in total. The SMILES string of the molecule is Cc1c(Cl)cccc1C(O)(C(N)=O)c1ccccc1. The number of benzene rings is 2. The predicted octanol–water partition coefficient (Wildman–Crippen LogP) is 2.37. The first kappa shape index (κ1) is 13.6. The molecule has 2 aromatic rings. The number of aliphatic hydroxyl groups is 1. The first-order chi connectivity index (χ1) is 8.98. The highest BCUT2D eigenvalue weighted by atomic mass is 35.5. The van der Waals surface area contributed by atoms with Crippen LogP contribution < -0.4 is 5.73 Å². The van der Waals surface area contributed by atoms with Gasteiger partial charge >= 0.3 is 0 Å². The van der Waals surface area contributed by atoms with E-state index in [1.54, 1.807) is 55.5 Å². The van der Waals surface area contributed by atoms with Gasteiger partial charge in [0.05, 0.1) is 0 Å². The summed E-state index contributed by atoms with van der Waals surface area (Å²) < 4.78 is 0. The van der Waals surface area contributed by atoms with Gasteiger partial charge in [-0.15, -0.1) is 0 Å². The molecule has 0 aliphatic carbocycles. The molecule has 19 heavy (non-hydrogen) atoms. The number of primary amides is 1. The van der Waals surface area contributed by atoms with E-state index in [4.69, 9.17) is 17.3 Å². The van der Waals surface area contributed by atoms with Crippen LogP contribution in [0.5, 0.6) is 0 Å². The predicted molar refractivity (Wildman–Crippen MR) is 74.8 cm³/mol. The highest BCUT2D eigenvalue weighted by molar-refractivity contribution is 6.31. The molecule has 4 heteroatoms. The van der Waals surface area contributed by atoms with Crippen LogP contribution in [0.1, 0.15) is 16.7 Å². The van der Waals surface area contributed by atoms with Crippen LogP contribution in [-0.4, -0.2) is 11.0 Å². The number of hydrogen-bond acceptors (Lipinski definition) is 2. The average Bonchev–Trinajstić information content (AvgIpc) is 2.42. The van der Waals surface area contributed by atoms with Gasteiger partial charge in [0.2, 0.25) is 0 Å². The van der Waals surface area contributed by atoms with E-state index in [2.05, 4.69) is 0 Å². The first-order valence-electron chi connectivity index (χ1n) is 5.81. The van der Waals surface area contributed by atoms with Gasteiger partial charge in [-0.05, 0) is 24.1 Å². The number of rotatable bonds is 3. The van der Waals surface area contributed by atoms with Crippen LogP contribution in [0.15, 0.2) is 48.5 Å². The lowest BCUT2D eigenvalue weighted by Gasteiger charge is -2.27. The van der Waals surface area contributed by atoms with E-state index in [0.29, 0.717) is 21.7 Å². The lowest BCUT2D eigenvalue weighted by atomic mass is 9.83. The van der Waals surface area contributed by atoms with Gasteiger partial charge in [0.25, 0.3) is 5.91 Å². The molecule has 1 amide bonds. The van der Waals surface area contributed by atoms with Crippen LogP contribution in [0.25, 0.3) is 0 Å². The molecule has 2 rings (SSSR count). The van der Waals surface area contributed by atoms with Crippen LogP contribution in [0.3, 0.4) is 0 Å². The zero-order chi connectivity index (χ0) is 14.0. The van der Waals surface area contributed by atoms with Crippen molar-refractivity contribution in [2.75, 3.05) is 0 Å². The van der Waals surface area contributed by atoms with E-state index in [1.165, 1.54) is 0 Å². The second-order valence-electron chi connectivity index (χ2n) is 4.35. The molecule has 0 spiro atoms. The third-order valence-electron chi connectivity index (χ3n) is 3.21. The molecule has 0 saturated carbocycles. The summed E-state index contributed by atoms with van der Waals surface area (Å²) >= 11 is 6.05. The minimum Gasteiger partial charge on any atom is -0.372 e. The fourth-order valence-corrected chi connectivity index (χ4v) is 2.28. The summed E-state index contributed by atoms with van der Waals surface area (Å²) in [6, 6.07) is 13.6. The van der Waals surface area contributed by atoms with Gasteiger partial charge in [0.1, 0.15) is 0 Å². The average molecular weight is 276 g/mol. The fraction of sp³-hybridized carbons (Fsp3) is 0.133. The first-order valence-corrected chi connectivity index (χ1v) is 6.19. The molecule has 2 aromatic carbocycles. The number of amides is 1. The highest BCUT2D eigenvalue weighted by Gasteiger charge is 2.39. The Hall–Kier alpha value is -1.84. The van der Waals surface area contributed by atoms with E-state index in [-0.39, 0.29) is 0 Å². The number of carbonyl (C=O) groups is 1. The lowest BCUT2D eigenvalue weighted by Crippen LogP contribution is -2.42. The molecule has 0 bridgehead atoms. The molecule has 0 fully saturated rings. The third-order valence-corrected chi connectivity index (χ3v) is 3.62. The minimum atomic E-state index is -1.88. The van der Waals surface area contributed by atoms with E-state index in [0.717, 1.165) is 0 Å². The van der Waals surface area contributed by atoms with Crippen LogP contribution in [0.4, 0.5) is 0 Å². The van der Waals surface area contributed by atoms with E-state index < -0.39 is 11.5 Å². The Kier molecular flexibility index (Phi) is 3.60. The van der Waals surface area contributed by atoms with Crippen molar-refractivity contribution in [3.05, 3.63) is 70.2 Å². The van der Waals surface area contributed by atoms with Crippen molar-refractivity contribution < 1.29 is 9.90 Å². The van der Waals surface area contributed by atoms with Gasteiger partial charge < -0.3 is 10.8 Å². The number of halogens is 1. The summed E-state index contributed by atoms with van der Waals surface area (Å²) in [5, 5.41) is 11.3. The van der Waals surface area contributed by atoms with E-state index >= 15 is 0 Å². The van der Waals surface area contributed by atoms with Crippen molar-refractivity contribution in [2.45, 2.75) is 12.5 Å².